The summed E-state index contributed by atoms with van der Waals surface area (Å²) in [6.07, 6.45) is -3.41. The third-order valence-corrected chi connectivity index (χ3v) is 8.67. The van der Waals surface area contributed by atoms with E-state index in [0.29, 0.717) is 24.0 Å². The Bertz CT molecular complexity index is 1840. The summed E-state index contributed by atoms with van der Waals surface area (Å²) < 4.78 is 65.3. The Labute approximate surface area is 235 Å². The second kappa shape index (κ2) is 11.2. The van der Waals surface area contributed by atoms with Gasteiger partial charge in [0, 0.05) is 0 Å². The molecular formula is C33H25F3O4S. The summed E-state index contributed by atoms with van der Waals surface area (Å²) in [5.74, 6) is -1.69. The number of carbonyl (C=O) groups is 1. The van der Waals surface area contributed by atoms with Crippen molar-refractivity contribution in [2.45, 2.75) is 29.7 Å². The average molecular weight is 575 g/mol. The number of hydrogen-bond acceptors (Lipinski definition) is 3. The molecule has 1 N–H and O–H groups in total. The molecule has 0 radical (unpaired) electrons. The van der Waals surface area contributed by atoms with Crippen molar-refractivity contribution < 1.29 is 31.5 Å². The maximum absolute atomic E-state index is 13.2. The van der Waals surface area contributed by atoms with Gasteiger partial charge in [-0.15, -0.1) is 0 Å². The molecule has 0 aliphatic rings. The molecule has 0 spiro atoms. The minimum Gasteiger partial charge on any atom is -0.478 e. The molecule has 0 amide bonds. The van der Waals surface area contributed by atoms with Gasteiger partial charge in [0.05, 0.1) is 21.8 Å². The molecule has 41 heavy (non-hydrogen) atoms. The van der Waals surface area contributed by atoms with Crippen LogP contribution < -0.4 is 0 Å². The van der Waals surface area contributed by atoms with Crippen molar-refractivity contribution in [1.82, 2.24) is 0 Å². The first kappa shape index (κ1) is 28.1. The van der Waals surface area contributed by atoms with Crippen LogP contribution >= 0.6 is 0 Å². The van der Waals surface area contributed by atoms with E-state index < -0.39 is 33.3 Å². The minimum absolute atomic E-state index is 0.0968. The highest BCUT2D eigenvalue weighted by Gasteiger charge is 2.30. The molecule has 0 aliphatic heterocycles. The van der Waals surface area contributed by atoms with Gasteiger partial charge in [0.2, 0.25) is 0 Å². The second-order valence-corrected chi connectivity index (χ2v) is 11.8. The minimum atomic E-state index is -4.39. The predicted molar refractivity (Wildman–Crippen MR) is 153 cm³/mol. The SMILES string of the molecule is O=C(O)c1cc(-c2ccc(CCc3cccc(C(F)(F)F)c3)cc2)ccc1CS(=O)(=O)c1ccc2ccccc2c1. The molecule has 5 aromatic carbocycles. The summed E-state index contributed by atoms with van der Waals surface area (Å²) >= 11 is 0. The van der Waals surface area contributed by atoms with E-state index in [-0.39, 0.29) is 16.0 Å². The van der Waals surface area contributed by atoms with Gasteiger partial charge in [0.25, 0.3) is 0 Å². The summed E-state index contributed by atoms with van der Waals surface area (Å²) in [5.41, 5.74) is 2.27. The third-order valence-electron chi connectivity index (χ3n) is 7.01. The largest absolute Gasteiger partial charge is 0.478 e. The molecule has 4 nitrogen and oxygen atoms in total. The lowest BCUT2D eigenvalue weighted by atomic mass is 9.97. The van der Waals surface area contributed by atoms with E-state index in [1.54, 1.807) is 24.3 Å². The number of aromatic carboxylic acids is 1. The summed E-state index contributed by atoms with van der Waals surface area (Å²) in [6, 6.07) is 29.5. The Morgan fingerprint density at radius 1 is 0.683 bits per heavy atom. The van der Waals surface area contributed by atoms with Gasteiger partial charge in [0.15, 0.2) is 9.84 Å². The van der Waals surface area contributed by atoms with Crippen molar-refractivity contribution in [3.63, 3.8) is 0 Å². The molecular weight excluding hydrogens is 549 g/mol. The average Bonchev–Trinajstić information content (AvgIpc) is 2.96. The molecule has 8 heteroatoms. The number of aryl methyl sites for hydroxylation is 2. The molecule has 0 unspecified atom stereocenters. The molecule has 0 atom stereocenters. The lowest BCUT2D eigenvalue weighted by molar-refractivity contribution is -0.137. The van der Waals surface area contributed by atoms with Crippen LogP contribution in [0, 0.1) is 0 Å². The normalized spacial score (nSPS) is 12.0. The standard InChI is InChI=1S/C33H25F3O4S/c34-33(35,36)29-7-3-4-23(18-29)9-8-22-10-12-25(13-11-22)27-14-15-28(31(20-27)32(37)38)21-41(39,40)30-17-16-24-5-1-2-6-26(24)19-30/h1-7,10-20H,8-9,21H2,(H,37,38). The molecule has 5 aromatic rings. The maximum Gasteiger partial charge on any atom is 0.416 e. The van der Waals surface area contributed by atoms with E-state index >= 15 is 0 Å². The summed E-state index contributed by atoms with van der Waals surface area (Å²) in [6.45, 7) is 0. The fourth-order valence-electron chi connectivity index (χ4n) is 4.79. The topological polar surface area (TPSA) is 71.4 Å². The molecule has 0 heterocycles. The summed E-state index contributed by atoms with van der Waals surface area (Å²) in [7, 11) is -3.81. The Morgan fingerprint density at radius 3 is 2.07 bits per heavy atom. The lowest BCUT2D eigenvalue weighted by Crippen LogP contribution is -2.10. The fourth-order valence-corrected chi connectivity index (χ4v) is 6.20. The summed E-state index contributed by atoms with van der Waals surface area (Å²) in [5, 5.41) is 11.6. The molecule has 0 aliphatic carbocycles. The number of rotatable bonds is 8. The number of carboxylic acid groups (broad SMARTS) is 1. The van der Waals surface area contributed by atoms with Gasteiger partial charge < -0.3 is 5.11 Å². The van der Waals surface area contributed by atoms with Crippen LogP contribution in [0.3, 0.4) is 0 Å². The van der Waals surface area contributed by atoms with Gasteiger partial charge in [-0.25, -0.2) is 13.2 Å². The third kappa shape index (κ3) is 6.49. The van der Waals surface area contributed by atoms with E-state index in [2.05, 4.69) is 0 Å². The number of fused-ring (bicyclic) bond motifs is 1. The van der Waals surface area contributed by atoms with Crippen molar-refractivity contribution in [1.29, 1.82) is 0 Å². The Kier molecular flexibility index (Phi) is 7.69. The molecule has 0 aromatic heterocycles. The van der Waals surface area contributed by atoms with E-state index in [9.17, 15) is 31.5 Å². The van der Waals surface area contributed by atoms with Crippen LogP contribution in [0.25, 0.3) is 21.9 Å². The predicted octanol–water partition coefficient (Wildman–Crippen LogP) is 7.98. The molecule has 0 saturated carbocycles. The van der Waals surface area contributed by atoms with Crippen molar-refractivity contribution >= 4 is 26.6 Å². The highest BCUT2D eigenvalue weighted by molar-refractivity contribution is 7.90. The Morgan fingerprint density at radius 2 is 1.37 bits per heavy atom. The summed E-state index contributed by atoms with van der Waals surface area (Å²) in [4.78, 5) is 12.2. The highest BCUT2D eigenvalue weighted by atomic mass is 32.2. The zero-order valence-electron chi connectivity index (χ0n) is 21.7. The highest BCUT2D eigenvalue weighted by Crippen LogP contribution is 2.30. The van der Waals surface area contributed by atoms with Crippen LogP contribution in [0.15, 0.2) is 114 Å². The first-order valence-corrected chi connectivity index (χ1v) is 14.5. The fraction of sp³-hybridized carbons (Fsp3) is 0.121. The number of alkyl halides is 3. The number of halogens is 3. The van der Waals surface area contributed by atoms with Crippen LogP contribution in [0.4, 0.5) is 13.2 Å². The van der Waals surface area contributed by atoms with E-state index in [1.807, 2.05) is 48.5 Å². The van der Waals surface area contributed by atoms with Crippen LogP contribution in [0.5, 0.6) is 0 Å². The van der Waals surface area contributed by atoms with Gasteiger partial charge in [0.1, 0.15) is 0 Å². The monoisotopic (exact) mass is 574 g/mol. The number of sulfone groups is 1. The number of carboxylic acids is 1. The van der Waals surface area contributed by atoms with Crippen LogP contribution in [-0.2, 0) is 34.6 Å². The van der Waals surface area contributed by atoms with Crippen molar-refractivity contribution in [2.24, 2.45) is 0 Å². The van der Waals surface area contributed by atoms with Crippen molar-refractivity contribution in [3.05, 3.63) is 137 Å². The van der Waals surface area contributed by atoms with Crippen molar-refractivity contribution in [2.75, 3.05) is 0 Å². The Balaban J connectivity index is 1.33. The number of benzene rings is 5. The van der Waals surface area contributed by atoms with Gasteiger partial charge in [-0.05, 0) is 75.7 Å². The smallest absolute Gasteiger partial charge is 0.416 e. The first-order valence-electron chi connectivity index (χ1n) is 12.8. The molecule has 0 saturated heterocycles. The molecule has 208 valence electrons. The quantitative estimate of drug-likeness (QED) is 0.204. The maximum atomic E-state index is 13.2. The number of hydrogen-bond donors (Lipinski definition) is 1. The Hall–Kier alpha value is -4.43. The second-order valence-electron chi connectivity index (χ2n) is 9.84. The molecule has 0 bridgehead atoms. The molecule has 5 rings (SSSR count). The van der Waals surface area contributed by atoms with Crippen LogP contribution in [0.1, 0.15) is 32.6 Å². The van der Waals surface area contributed by atoms with Gasteiger partial charge in [-0.3, -0.25) is 0 Å². The molecule has 0 fully saturated rings. The van der Waals surface area contributed by atoms with Crippen LogP contribution in [0.2, 0.25) is 0 Å². The van der Waals surface area contributed by atoms with Crippen LogP contribution in [-0.4, -0.2) is 19.5 Å². The van der Waals surface area contributed by atoms with E-state index in [0.717, 1.165) is 34.0 Å². The van der Waals surface area contributed by atoms with Gasteiger partial charge >= 0.3 is 12.1 Å². The van der Waals surface area contributed by atoms with Gasteiger partial charge in [-0.1, -0.05) is 84.9 Å². The van der Waals surface area contributed by atoms with Crippen molar-refractivity contribution in [3.8, 4) is 11.1 Å². The first-order chi connectivity index (χ1) is 19.5. The van der Waals surface area contributed by atoms with Gasteiger partial charge in [-0.2, -0.15) is 13.2 Å². The zero-order chi connectivity index (χ0) is 29.2. The lowest BCUT2D eigenvalue weighted by Gasteiger charge is -2.12. The zero-order valence-corrected chi connectivity index (χ0v) is 22.5. The van der Waals surface area contributed by atoms with E-state index in [4.69, 9.17) is 0 Å². The van der Waals surface area contributed by atoms with E-state index in [1.165, 1.54) is 24.3 Å².